The van der Waals surface area contributed by atoms with Crippen LogP contribution in [-0.4, -0.2) is 27.3 Å². The lowest BCUT2D eigenvalue weighted by Gasteiger charge is -2.34. The molecule has 0 amide bonds. The molecule has 0 spiro atoms. The highest BCUT2D eigenvalue weighted by atomic mass is 16.7. The van der Waals surface area contributed by atoms with E-state index in [-0.39, 0.29) is 11.7 Å². The molecule has 2 rings (SSSR count). The molecule has 0 saturated carbocycles. The first kappa shape index (κ1) is 12.4. The summed E-state index contributed by atoms with van der Waals surface area (Å²) in [5.41, 5.74) is 2.40. The van der Waals surface area contributed by atoms with Crippen molar-refractivity contribution in [2.24, 2.45) is 5.41 Å². The maximum absolute atomic E-state index is 5.74. The second-order valence-electron chi connectivity index (χ2n) is 5.60. The Labute approximate surface area is 103 Å². The number of nitrogens with zero attached hydrogens (tertiary/aromatic N) is 1. The van der Waals surface area contributed by atoms with E-state index in [1.807, 2.05) is 14.1 Å². The van der Waals surface area contributed by atoms with Crippen LogP contribution in [0.1, 0.15) is 25.7 Å². The molecule has 94 valence electrons. The van der Waals surface area contributed by atoms with E-state index in [0.717, 1.165) is 18.8 Å². The summed E-state index contributed by atoms with van der Waals surface area (Å²) in [5, 5.41) is 0. The topological polar surface area (TPSA) is 21.7 Å². The fraction of sp³-hybridized carbons (Fsp3) is 0.571. The zero-order valence-corrected chi connectivity index (χ0v) is 11.1. The molecule has 1 aliphatic rings. The third-order valence-corrected chi connectivity index (χ3v) is 2.93. The summed E-state index contributed by atoms with van der Waals surface area (Å²) in [6.07, 6.45) is -0.209. The predicted molar refractivity (Wildman–Crippen MR) is 69.2 cm³/mol. The Hall–Kier alpha value is -1.06. The molecular weight excluding hydrogens is 214 g/mol. The summed E-state index contributed by atoms with van der Waals surface area (Å²) in [5.74, 6) is 0. The van der Waals surface area contributed by atoms with Crippen molar-refractivity contribution in [2.75, 3.05) is 32.2 Å². The first-order chi connectivity index (χ1) is 7.98. The Balaban J connectivity index is 2.04. The Morgan fingerprint density at radius 2 is 1.59 bits per heavy atom. The van der Waals surface area contributed by atoms with Crippen molar-refractivity contribution >= 4 is 5.69 Å². The van der Waals surface area contributed by atoms with Crippen LogP contribution in [0, 0.1) is 5.41 Å². The lowest BCUT2D eigenvalue weighted by atomic mass is 9.95. The van der Waals surface area contributed by atoms with Crippen LogP contribution in [-0.2, 0) is 9.47 Å². The second-order valence-corrected chi connectivity index (χ2v) is 5.60. The molecule has 0 radical (unpaired) electrons. The van der Waals surface area contributed by atoms with E-state index in [4.69, 9.17) is 9.47 Å². The Morgan fingerprint density at radius 1 is 1.06 bits per heavy atom. The van der Waals surface area contributed by atoms with Gasteiger partial charge in [-0.25, -0.2) is 0 Å². The summed E-state index contributed by atoms with van der Waals surface area (Å²) in [6.45, 7) is 5.79. The molecule has 1 aliphatic heterocycles. The summed E-state index contributed by atoms with van der Waals surface area (Å²) in [6, 6.07) is 8.31. The molecule has 1 fully saturated rings. The van der Waals surface area contributed by atoms with Crippen molar-refractivity contribution in [3.8, 4) is 0 Å². The van der Waals surface area contributed by atoms with E-state index < -0.39 is 0 Å². The third kappa shape index (κ3) is 2.99. The fourth-order valence-electron chi connectivity index (χ4n) is 1.81. The van der Waals surface area contributed by atoms with Crippen molar-refractivity contribution in [3.05, 3.63) is 29.8 Å². The quantitative estimate of drug-likeness (QED) is 0.786. The maximum Gasteiger partial charge on any atom is 0.183 e. The highest BCUT2D eigenvalue weighted by molar-refractivity contribution is 5.46. The van der Waals surface area contributed by atoms with E-state index in [1.165, 1.54) is 5.69 Å². The molecule has 17 heavy (non-hydrogen) atoms. The van der Waals surface area contributed by atoms with E-state index in [9.17, 15) is 0 Å². The zero-order chi connectivity index (χ0) is 12.5. The molecule has 0 aromatic heterocycles. The first-order valence-corrected chi connectivity index (χ1v) is 5.98. The van der Waals surface area contributed by atoms with Crippen molar-refractivity contribution in [3.63, 3.8) is 0 Å². The summed E-state index contributed by atoms with van der Waals surface area (Å²) < 4.78 is 11.5. The van der Waals surface area contributed by atoms with Crippen molar-refractivity contribution in [2.45, 2.75) is 20.1 Å². The van der Waals surface area contributed by atoms with Gasteiger partial charge >= 0.3 is 0 Å². The molecular formula is C14H21NO2. The number of rotatable bonds is 2. The molecule has 3 heteroatoms. The summed E-state index contributed by atoms with van der Waals surface area (Å²) in [7, 11) is 4.07. The van der Waals surface area contributed by atoms with Gasteiger partial charge in [0.15, 0.2) is 6.29 Å². The number of ether oxygens (including phenoxy) is 2. The van der Waals surface area contributed by atoms with Crippen molar-refractivity contribution in [1.29, 1.82) is 0 Å². The van der Waals surface area contributed by atoms with Gasteiger partial charge in [-0.2, -0.15) is 0 Å². The Bertz CT molecular complexity index is 360. The lowest BCUT2D eigenvalue weighted by Crippen LogP contribution is -2.33. The van der Waals surface area contributed by atoms with Gasteiger partial charge in [-0.1, -0.05) is 26.0 Å². The van der Waals surface area contributed by atoms with Crippen LogP contribution in [0.3, 0.4) is 0 Å². The van der Waals surface area contributed by atoms with Gasteiger partial charge in [0.05, 0.1) is 13.2 Å². The second kappa shape index (κ2) is 4.67. The molecule has 0 aliphatic carbocycles. The van der Waals surface area contributed by atoms with Crippen LogP contribution in [0.4, 0.5) is 5.69 Å². The van der Waals surface area contributed by atoms with Crippen LogP contribution in [0.2, 0.25) is 0 Å². The molecule has 1 heterocycles. The molecule has 0 atom stereocenters. The SMILES string of the molecule is CN(C)c1ccc(C2OCC(C)(C)CO2)cc1. The van der Waals surface area contributed by atoms with E-state index in [0.29, 0.717) is 0 Å². The average molecular weight is 235 g/mol. The fourth-order valence-corrected chi connectivity index (χ4v) is 1.81. The standard InChI is InChI=1S/C14H21NO2/c1-14(2)9-16-13(17-10-14)11-5-7-12(8-6-11)15(3)4/h5-8,13H,9-10H2,1-4H3. The maximum atomic E-state index is 5.74. The molecule has 3 nitrogen and oxygen atoms in total. The first-order valence-electron chi connectivity index (χ1n) is 5.98. The number of benzene rings is 1. The molecule has 1 saturated heterocycles. The van der Waals surface area contributed by atoms with E-state index >= 15 is 0 Å². The Kier molecular flexibility index (Phi) is 3.40. The van der Waals surface area contributed by atoms with E-state index in [1.54, 1.807) is 0 Å². The van der Waals surface area contributed by atoms with Gasteiger partial charge in [0, 0.05) is 30.8 Å². The predicted octanol–water partition coefficient (Wildman–Crippen LogP) is 2.82. The van der Waals surface area contributed by atoms with Gasteiger partial charge in [-0.15, -0.1) is 0 Å². The van der Waals surface area contributed by atoms with Crippen LogP contribution in [0.5, 0.6) is 0 Å². The van der Waals surface area contributed by atoms with Crippen LogP contribution >= 0.6 is 0 Å². The normalized spacial score (nSPS) is 20.2. The highest BCUT2D eigenvalue weighted by Crippen LogP contribution is 2.31. The van der Waals surface area contributed by atoms with Crippen molar-refractivity contribution in [1.82, 2.24) is 0 Å². The minimum atomic E-state index is -0.209. The monoisotopic (exact) mass is 235 g/mol. The smallest absolute Gasteiger partial charge is 0.183 e. The van der Waals surface area contributed by atoms with Gasteiger partial charge in [0.2, 0.25) is 0 Å². The molecule has 0 unspecified atom stereocenters. The van der Waals surface area contributed by atoms with Gasteiger partial charge in [0.1, 0.15) is 0 Å². The number of hydrogen-bond donors (Lipinski definition) is 0. The third-order valence-electron chi connectivity index (χ3n) is 2.93. The average Bonchev–Trinajstić information content (AvgIpc) is 2.29. The van der Waals surface area contributed by atoms with Gasteiger partial charge in [-0.05, 0) is 12.1 Å². The van der Waals surface area contributed by atoms with Gasteiger partial charge in [0.25, 0.3) is 0 Å². The molecule has 0 N–H and O–H groups in total. The highest BCUT2D eigenvalue weighted by Gasteiger charge is 2.28. The van der Waals surface area contributed by atoms with Crippen molar-refractivity contribution < 1.29 is 9.47 Å². The number of anilines is 1. The largest absolute Gasteiger partial charge is 0.378 e. The minimum Gasteiger partial charge on any atom is -0.378 e. The van der Waals surface area contributed by atoms with Crippen LogP contribution in [0.25, 0.3) is 0 Å². The molecule has 0 bridgehead atoms. The van der Waals surface area contributed by atoms with Gasteiger partial charge in [-0.3, -0.25) is 0 Å². The van der Waals surface area contributed by atoms with E-state index in [2.05, 4.69) is 43.0 Å². The number of hydrogen-bond acceptors (Lipinski definition) is 3. The summed E-state index contributed by atoms with van der Waals surface area (Å²) in [4.78, 5) is 2.08. The minimum absolute atomic E-state index is 0.125. The Morgan fingerprint density at radius 3 is 2.06 bits per heavy atom. The molecule has 1 aromatic rings. The van der Waals surface area contributed by atoms with Crippen LogP contribution < -0.4 is 4.90 Å². The van der Waals surface area contributed by atoms with Crippen LogP contribution in [0.15, 0.2) is 24.3 Å². The lowest BCUT2D eigenvalue weighted by molar-refractivity contribution is -0.226. The van der Waals surface area contributed by atoms with Gasteiger partial charge < -0.3 is 14.4 Å². The summed E-state index contributed by atoms with van der Waals surface area (Å²) >= 11 is 0. The zero-order valence-electron chi connectivity index (χ0n) is 11.1. The molecule has 1 aromatic carbocycles.